The van der Waals surface area contributed by atoms with Crippen LogP contribution in [0.15, 0.2) is 0 Å². The van der Waals surface area contributed by atoms with E-state index in [2.05, 4.69) is 13.8 Å². The van der Waals surface area contributed by atoms with Crippen molar-refractivity contribution in [3.05, 3.63) is 0 Å². The Morgan fingerprint density at radius 3 is 1.94 bits per heavy atom. The van der Waals surface area contributed by atoms with Gasteiger partial charge >= 0.3 is 5.97 Å². The maximum atomic E-state index is 12.1. The van der Waals surface area contributed by atoms with Crippen molar-refractivity contribution in [1.29, 1.82) is 0 Å². The van der Waals surface area contributed by atoms with Crippen molar-refractivity contribution in [2.24, 2.45) is 11.3 Å². The molecule has 94 valence electrons. The molecule has 0 atom stereocenters. The lowest BCUT2D eigenvalue weighted by atomic mass is 9.87. The fraction of sp³-hybridized carbons (Fsp3) is 0.929. The van der Waals surface area contributed by atoms with Gasteiger partial charge in [-0.1, -0.05) is 20.8 Å². The van der Waals surface area contributed by atoms with Gasteiger partial charge in [0.05, 0.1) is 5.41 Å². The van der Waals surface area contributed by atoms with Gasteiger partial charge in [-0.15, -0.1) is 0 Å². The van der Waals surface area contributed by atoms with Gasteiger partial charge < -0.3 is 4.74 Å². The van der Waals surface area contributed by atoms with Crippen LogP contribution in [0.5, 0.6) is 0 Å². The number of carbonyl (C=O) groups excluding carboxylic acids is 1. The second kappa shape index (κ2) is 4.77. The van der Waals surface area contributed by atoms with E-state index in [1.54, 1.807) is 0 Å². The van der Waals surface area contributed by atoms with E-state index in [9.17, 15) is 4.79 Å². The highest BCUT2D eigenvalue weighted by molar-refractivity contribution is 5.76. The average molecular weight is 226 g/mol. The first-order valence-corrected chi connectivity index (χ1v) is 6.65. The first-order valence-electron chi connectivity index (χ1n) is 6.65. The number of esters is 1. The number of carbonyl (C=O) groups is 1. The standard InChI is InChI=1S/C14H26O2/c1-6-13(4,5)12(15)16-14(7-2,8-3)11-9-10-11/h11H,6-10H2,1-5H3. The molecule has 0 heterocycles. The molecule has 1 aliphatic carbocycles. The molecule has 2 nitrogen and oxygen atoms in total. The number of hydrogen-bond donors (Lipinski definition) is 0. The van der Waals surface area contributed by atoms with Crippen molar-refractivity contribution in [2.75, 3.05) is 0 Å². The van der Waals surface area contributed by atoms with Crippen LogP contribution >= 0.6 is 0 Å². The topological polar surface area (TPSA) is 26.3 Å². The van der Waals surface area contributed by atoms with Gasteiger partial charge in [0.25, 0.3) is 0 Å². The van der Waals surface area contributed by atoms with Gasteiger partial charge in [-0.2, -0.15) is 0 Å². The van der Waals surface area contributed by atoms with Gasteiger partial charge in [0.15, 0.2) is 0 Å². The molecular weight excluding hydrogens is 200 g/mol. The summed E-state index contributed by atoms with van der Waals surface area (Å²) in [6.45, 7) is 10.2. The molecule has 1 aliphatic rings. The highest BCUT2D eigenvalue weighted by atomic mass is 16.6. The summed E-state index contributed by atoms with van der Waals surface area (Å²) in [5.74, 6) is 0.588. The van der Waals surface area contributed by atoms with Gasteiger partial charge in [-0.25, -0.2) is 0 Å². The van der Waals surface area contributed by atoms with E-state index in [1.807, 2.05) is 20.8 Å². The first-order chi connectivity index (χ1) is 7.41. The Bertz CT molecular complexity index is 247. The Morgan fingerprint density at radius 2 is 1.62 bits per heavy atom. The average Bonchev–Trinajstić information content (AvgIpc) is 3.09. The van der Waals surface area contributed by atoms with Crippen LogP contribution in [0, 0.1) is 11.3 Å². The molecule has 0 N–H and O–H groups in total. The van der Waals surface area contributed by atoms with Crippen LogP contribution in [-0.2, 0) is 9.53 Å². The molecule has 0 spiro atoms. The van der Waals surface area contributed by atoms with Crippen LogP contribution in [0.3, 0.4) is 0 Å². The van der Waals surface area contributed by atoms with Crippen LogP contribution in [0.2, 0.25) is 0 Å². The second-order valence-corrected chi connectivity index (χ2v) is 5.67. The molecule has 1 fully saturated rings. The third kappa shape index (κ3) is 2.58. The molecule has 0 aromatic rings. The van der Waals surface area contributed by atoms with Crippen LogP contribution in [0.1, 0.15) is 66.7 Å². The zero-order valence-electron chi connectivity index (χ0n) is 11.4. The van der Waals surface area contributed by atoms with Crippen LogP contribution < -0.4 is 0 Å². The van der Waals surface area contributed by atoms with E-state index >= 15 is 0 Å². The summed E-state index contributed by atoms with van der Waals surface area (Å²) in [4.78, 5) is 12.1. The number of ether oxygens (including phenoxy) is 1. The molecule has 0 bridgehead atoms. The van der Waals surface area contributed by atoms with E-state index in [1.165, 1.54) is 12.8 Å². The second-order valence-electron chi connectivity index (χ2n) is 5.67. The monoisotopic (exact) mass is 226 g/mol. The third-order valence-corrected chi connectivity index (χ3v) is 4.25. The van der Waals surface area contributed by atoms with E-state index in [0.29, 0.717) is 5.92 Å². The fourth-order valence-corrected chi connectivity index (χ4v) is 2.13. The van der Waals surface area contributed by atoms with Crippen LogP contribution in [0.4, 0.5) is 0 Å². The van der Waals surface area contributed by atoms with Crippen molar-refractivity contribution in [2.45, 2.75) is 72.3 Å². The lowest BCUT2D eigenvalue weighted by Gasteiger charge is -2.35. The summed E-state index contributed by atoms with van der Waals surface area (Å²) < 4.78 is 5.88. The SMILES string of the molecule is CCC(C)(C)C(=O)OC(CC)(CC)C1CC1. The first kappa shape index (κ1) is 13.5. The third-order valence-electron chi connectivity index (χ3n) is 4.25. The number of rotatable bonds is 6. The van der Waals surface area contributed by atoms with Gasteiger partial charge in [-0.05, 0) is 51.9 Å². The van der Waals surface area contributed by atoms with Crippen molar-refractivity contribution in [3.8, 4) is 0 Å². The lowest BCUT2D eigenvalue weighted by molar-refractivity contribution is -0.174. The summed E-state index contributed by atoms with van der Waals surface area (Å²) >= 11 is 0. The zero-order chi connectivity index (χ0) is 12.4. The summed E-state index contributed by atoms with van der Waals surface area (Å²) in [6, 6.07) is 0. The molecule has 0 aliphatic heterocycles. The Hall–Kier alpha value is -0.530. The largest absolute Gasteiger partial charge is 0.458 e. The zero-order valence-corrected chi connectivity index (χ0v) is 11.4. The Kier molecular flexibility index (Phi) is 4.03. The molecule has 1 saturated carbocycles. The quantitative estimate of drug-likeness (QED) is 0.641. The normalized spacial score (nSPS) is 17.3. The highest BCUT2D eigenvalue weighted by Crippen LogP contribution is 2.46. The minimum absolute atomic E-state index is 0.0226. The molecule has 0 aromatic carbocycles. The summed E-state index contributed by atoms with van der Waals surface area (Å²) in [7, 11) is 0. The molecule has 0 unspecified atom stereocenters. The van der Waals surface area contributed by atoms with Gasteiger partial charge in [-0.3, -0.25) is 4.79 Å². The molecule has 1 rings (SSSR count). The maximum Gasteiger partial charge on any atom is 0.312 e. The summed E-state index contributed by atoms with van der Waals surface area (Å²) in [5, 5.41) is 0. The van der Waals surface area contributed by atoms with Crippen molar-refractivity contribution in [3.63, 3.8) is 0 Å². The Balaban J connectivity index is 2.72. The summed E-state index contributed by atoms with van der Waals surface area (Å²) in [5.41, 5.74) is -0.520. The summed E-state index contributed by atoms with van der Waals surface area (Å²) in [6.07, 6.45) is 5.17. The van der Waals surface area contributed by atoms with Crippen LogP contribution in [-0.4, -0.2) is 11.6 Å². The molecular formula is C14H26O2. The van der Waals surface area contributed by atoms with Crippen LogP contribution in [0.25, 0.3) is 0 Å². The van der Waals surface area contributed by atoms with Gasteiger partial charge in [0.1, 0.15) is 5.60 Å². The number of hydrogen-bond acceptors (Lipinski definition) is 2. The Morgan fingerprint density at radius 1 is 1.12 bits per heavy atom. The molecule has 0 aromatic heterocycles. The van der Waals surface area contributed by atoms with E-state index in [0.717, 1.165) is 19.3 Å². The van der Waals surface area contributed by atoms with E-state index in [-0.39, 0.29) is 17.0 Å². The predicted octanol–water partition coefficient (Wildman–Crippen LogP) is 3.93. The van der Waals surface area contributed by atoms with Crippen molar-refractivity contribution in [1.82, 2.24) is 0 Å². The molecule has 16 heavy (non-hydrogen) atoms. The van der Waals surface area contributed by atoms with Gasteiger partial charge in [0, 0.05) is 0 Å². The lowest BCUT2D eigenvalue weighted by Crippen LogP contribution is -2.40. The van der Waals surface area contributed by atoms with Crippen molar-refractivity contribution < 1.29 is 9.53 Å². The minimum atomic E-state index is -0.343. The highest BCUT2D eigenvalue weighted by Gasteiger charge is 2.47. The predicted molar refractivity (Wildman–Crippen MR) is 66.2 cm³/mol. The van der Waals surface area contributed by atoms with E-state index in [4.69, 9.17) is 4.74 Å². The smallest absolute Gasteiger partial charge is 0.312 e. The maximum absolute atomic E-state index is 12.1. The molecule has 0 amide bonds. The van der Waals surface area contributed by atoms with Crippen molar-refractivity contribution >= 4 is 5.97 Å². The Labute approximate surface area is 99.8 Å². The minimum Gasteiger partial charge on any atom is -0.458 e. The molecule has 0 saturated heterocycles. The van der Waals surface area contributed by atoms with Gasteiger partial charge in [0.2, 0.25) is 0 Å². The molecule has 0 radical (unpaired) electrons. The fourth-order valence-electron chi connectivity index (χ4n) is 2.13. The molecule has 2 heteroatoms. The van der Waals surface area contributed by atoms with E-state index < -0.39 is 0 Å².